The fourth-order valence-corrected chi connectivity index (χ4v) is 1.40. The van der Waals surface area contributed by atoms with Gasteiger partial charge in [0.1, 0.15) is 11.4 Å². The first kappa shape index (κ1) is 8.68. The van der Waals surface area contributed by atoms with Crippen molar-refractivity contribution in [3.63, 3.8) is 0 Å². The van der Waals surface area contributed by atoms with Crippen molar-refractivity contribution in [3.8, 4) is 0 Å². The minimum atomic E-state index is -1.09. The Hall–Kier alpha value is -1.91. The molecule has 0 unspecified atom stereocenters. The van der Waals surface area contributed by atoms with E-state index in [1.54, 1.807) is 6.92 Å². The second kappa shape index (κ2) is 2.80. The van der Waals surface area contributed by atoms with Gasteiger partial charge in [-0.25, -0.2) is 13.7 Å². The molecule has 0 saturated carbocycles. The molecule has 1 N–H and O–H groups in total. The predicted octanol–water partition coefficient (Wildman–Crippen LogP) is 1.48. The lowest BCUT2D eigenvalue weighted by Crippen LogP contribution is -1.97. The Labute approximate surface area is 78.6 Å². The summed E-state index contributed by atoms with van der Waals surface area (Å²) in [5.41, 5.74) is 0.697. The van der Waals surface area contributed by atoms with Crippen LogP contribution in [-0.4, -0.2) is 20.7 Å². The van der Waals surface area contributed by atoms with Crippen molar-refractivity contribution < 1.29 is 14.3 Å². The summed E-state index contributed by atoms with van der Waals surface area (Å²) >= 11 is 0. The first-order chi connectivity index (χ1) is 6.59. The molecule has 0 spiro atoms. The molecule has 0 bridgehead atoms. The Kier molecular flexibility index (Phi) is 1.73. The fourth-order valence-electron chi connectivity index (χ4n) is 1.40. The average Bonchev–Trinajstić information content (AvgIpc) is 2.40. The molecule has 0 aliphatic heterocycles. The molecule has 2 rings (SSSR count). The average molecular weight is 194 g/mol. The zero-order valence-corrected chi connectivity index (χ0v) is 7.36. The molecule has 2 heterocycles. The van der Waals surface area contributed by atoms with Gasteiger partial charge in [-0.15, -0.1) is 0 Å². The van der Waals surface area contributed by atoms with E-state index in [-0.39, 0.29) is 11.1 Å². The molecule has 0 aliphatic rings. The van der Waals surface area contributed by atoms with Gasteiger partial charge in [0.2, 0.25) is 0 Å². The summed E-state index contributed by atoms with van der Waals surface area (Å²) < 4.78 is 14.2. The predicted molar refractivity (Wildman–Crippen MR) is 46.8 cm³/mol. The number of halogens is 1. The van der Waals surface area contributed by atoms with Gasteiger partial charge in [-0.2, -0.15) is 5.10 Å². The van der Waals surface area contributed by atoms with E-state index in [1.807, 2.05) is 0 Å². The van der Waals surface area contributed by atoms with Gasteiger partial charge in [-0.1, -0.05) is 0 Å². The molecule has 14 heavy (non-hydrogen) atoms. The van der Waals surface area contributed by atoms with Crippen LogP contribution in [0.3, 0.4) is 0 Å². The second-order valence-electron chi connectivity index (χ2n) is 2.94. The molecule has 0 aliphatic carbocycles. The number of aromatic nitrogens is 2. The number of fused-ring (bicyclic) bond motifs is 1. The van der Waals surface area contributed by atoms with Gasteiger partial charge in [-0.3, -0.25) is 0 Å². The molecule has 4 nitrogen and oxygen atoms in total. The van der Waals surface area contributed by atoms with Gasteiger partial charge >= 0.3 is 5.97 Å². The van der Waals surface area contributed by atoms with E-state index in [4.69, 9.17) is 5.11 Å². The Balaban J connectivity index is 2.86. The van der Waals surface area contributed by atoms with Crippen molar-refractivity contribution >= 4 is 11.5 Å². The van der Waals surface area contributed by atoms with Crippen LogP contribution in [0.1, 0.15) is 16.1 Å². The maximum Gasteiger partial charge on any atom is 0.339 e. The molecule has 0 amide bonds. The van der Waals surface area contributed by atoms with E-state index >= 15 is 0 Å². The zero-order chi connectivity index (χ0) is 10.3. The summed E-state index contributed by atoms with van der Waals surface area (Å²) in [5, 5.41) is 12.8. The Bertz CT molecular complexity index is 519. The first-order valence-electron chi connectivity index (χ1n) is 3.97. The summed E-state index contributed by atoms with van der Waals surface area (Å²) in [5.74, 6) is -1.57. The van der Waals surface area contributed by atoms with E-state index in [0.717, 1.165) is 6.07 Å². The monoisotopic (exact) mass is 194 g/mol. The SMILES string of the molecule is Cc1nn2ccc(F)cc2c1C(=O)O. The van der Waals surface area contributed by atoms with Crippen molar-refractivity contribution in [2.45, 2.75) is 6.92 Å². The third-order valence-corrected chi connectivity index (χ3v) is 1.99. The topological polar surface area (TPSA) is 54.6 Å². The highest BCUT2D eigenvalue weighted by Gasteiger charge is 2.15. The van der Waals surface area contributed by atoms with Gasteiger partial charge in [0.15, 0.2) is 0 Å². The molecule has 0 radical (unpaired) electrons. The van der Waals surface area contributed by atoms with Gasteiger partial charge in [0.25, 0.3) is 0 Å². The third kappa shape index (κ3) is 1.14. The molecule has 2 aromatic heterocycles. The summed E-state index contributed by atoms with van der Waals surface area (Å²) in [4.78, 5) is 10.8. The number of carbonyl (C=O) groups is 1. The maximum atomic E-state index is 12.9. The van der Waals surface area contributed by atoms with Crippen LogP contribution in [0.25, 0.3) is 5.52 Å². The highest BCUT2D eigenvalue weighted by Crippen LogP contribution is 2.15. The van der Waals surface area contributed by atoms with E-state index in [9.17, 15) is 9.18 Å². The lowest BCUT2D eigenvalue weighted by atomic mass is 10.2. The molecule has 0 aromatic carbocycles. The smallest absolute Gasteiger partial charge is 0.339 e. The van der Waals surface area contributed by atoms with Crippen molar-refractivity contribution in [3.05, 3.63) is 35.4 Å². The first-order valence-corrected chi connectivity index (χ1v) is 3.97. The minimum absolute atomic E-state index is 0.0458. The number of aryl methyl sites for hydroxylation is 1. The molecule has 5 heteroatoms. The van der Waals surface area contributed by atoms with E-state index < -0.39 is 11.8 Å². The Morgan fingerprint density at radius 2 is 2.36 bits per heavy atom. The summed E-state index contributed by atoms with van der Waals surface area (Å²) in [6.07, 6.45) is 1.39. The quantitative estimate of drug-likeness (QED) is 0.748. The molecule has 2 aromatic rings. The van der Waals surface area contributed by atoms with Crippen LogP contribution in [0.4, 0.5) is 4.39 Å². The van der Waals surface area contributed by atoms with Crippen LogP contribution in [0.2, 0.25) is 0 Å². The van der Waals surface area contributed by atoms with Crippen LogP contribution in [0, 0.1) is 12.7 Å². The lowest BCUT2D eigenvalue weighted by molar-refractivity contribution is 0.0698. The van der Waals surface area contributed by atoms with Crippen molar-refractivity contribution in [1.82, 2.24) is 9.61 Å². The van der Waals surface area contributed by atoms with Crippen LogP contribution in [-0.2, 0) is 0 Å². The number of aromatic carboxylic acids is 1. The molecular formula is C9H7FN2O2. The molecule has 0 atom stereocenters. The lowest BCUT2D eigenvalue weighted by Gasteiger charge is -1.93. The van der Waals surface area contributed by atoms with Crippen molar-refractivity contribution in [1.29, 1.82) is 0 Å². The minimum Gasteiger partial charge on any atom is -0.478 e. The molecule has 0 fully saturated rings. The largest absolute Gasteiger partial charge is 0.478 e. The zero-order valence-electron chi connectivity index (χ0n) is 7.36. The summed E-state index contributed by atoms with van der Waals surface area (Å²) in [6, 6.07) is 2.38. The van der Waals surface area contributed by atoms with Crippen LogP contribution in [0.15, 0.2) is 18.3 Å². The van der Waals surface area contributed by atoms with Crippen LogP contribution >= 0.6 is 0 Å². The van der Waals surface area contributed by atoms with Crippen LogP contribution < -0.4 is 0 Å². The van der Waals surface area contributed by atoms with Gasteiger partial charge in [0.05, 0.1) is 11.2 Å². The van der Waals surface area contributed by atoms with Gasteiger partial charge in [0, 0.05) is 12.3 Å². The number of carboxylic acid groups (broad SMARTS) is 1. The molecule has 0 saturated heterocycles. The summed E-state index contributed by atoms with van der Waals surface area (Å²) in [7, 11) is 0. The normalized spacial score (nSPS) is 10.7. The van der Waals surface area contributed by atoms with Gasteiger partial charge in [-0.05, 0) is 13.0 Å². The Morgan fingerprint density at radius 3 is 3.00 bits per heavy atom. The second-order valence-corrected chi connectivity index (χ2v) is 2.94. The Morgan fingerprint density at radius 1 is 1.64 bits per heavy atom. The number of hydrogen-bond acceptors (Lipinski definition) is 2. The van der Waals surface area contributed by atoms with E-state index in [2.05, 4.69) is 5.10 Å². The molecule has 72 valence electrons. The number of rotatable bonds is 1. The standard InChI is InChI=1S/C9H7FN2O2/c1-5-8(9(13)14)7-4-6(10)2-3-12(7)11-5/h2-4H,1H3,(H,13,14). The summed E-state index contributed by atoms with van der Waals surface area (Å²) in [6.45, 7) is 1.58. The van der Waals surface area contributed by atoms with E-state index in [1.165, 1.54) is 16.8 Å². The number of hydrogen-bond donors (Lipinski definition) is 1. The van der Waals surface area contributed by atoms with Crippen molar-refractivity contribution in [2.75, 3.05) is 0 Å². The molecular weight excluding hydrogens is 187 g/mol. The number of carboxylic acids is 1. The third-order valence-electron chi connectivity index (χ3n) is 1.99. The van der Waals surface area contributed by atoms with Crippen molar-refractivity contribution in [2.24, 2.45) is 0 Å². The van der Waals surface area contributed by atoms with Crippen LogP contribution in [0.5, 0.6) is 0 Å². The highest BCUT2D eigenvalue weighted by molar-refractivity contribution is 5.96. The highest BCUT2D eigenvalue weighted by atomic mass is 19.1. The van der Waals surface area contributed by atoms with E-state index in [0.29, 0.717) is 5.69 Å². The maximum absolute atomic E-state index is 12.9. The van der Waals surface area contributed by atoms with Gasteiger partial charge < -0.3 is 5.11 Å². The fraction of sp³-hybridized carbons (Fsp3) is 0.111. The number of pyridine rings is 1. The number of nitrogens with zero attached hydrogens (tertiary/aromatic N) is 2.